The van der Waals surface area contributed by atoms with E-state index >= 15 is 0 Å². The van der Waals surface area contributed by atoms with Gasteiger partial charge in [-0.1, -0.05) is 59.2 Å². The Kier molecular flexibility index (Phi) is 4.63. The number of allylic oxidation sites excluding steroid dienone is 4. The lowest BCUT2D eigenvalue weighted by atomic mass is 9.83. The molecule has 3 rings (SSSR count). The Bertz CT molecular complexity index is 870. The molecular formula is C23H26N2. The van der Waals surface area contributed by atoms with Gasteiger partial charge in [0, 0.05) is 36.8 Å². The second kappa shape index (κ2) is 6.72. The van der Waals surface area contributed by atoms with E-state index in [-0.39, 0.29) is 5.92 Å². The number of anilines is 1. The van der Waals surface area contributed by atoms with Gasteiger partial charge < -0.3 is 4.90 Å². The van der Waals surface area contributed by atoms with E-state index < -0.39 is 0 Å². The first-order valence-corrected chi connectivity index (χ1v) is 8.71. The van der Waals surface area contributed by atoms with Crippen LogP contribution in [0.5, 0.6) is 0 Å². The van der Waals surface area contributed by atoms with Gasteiger partial charge in [-0.3, -0.25) is 5.41 Å². The summed E-state index contributed by atoms with van der Waals surface area (Å²) in [6.07, 6.45) is 2.27. The molecule has 0 spiro atoms. The van der Waals surface area contributed by atoms with Crippen LogP contribution in [0, 0.1) is 5.41 Å². The van der Waals surface area contributed by atoms with Crippen molar-refractivity contribution in [2.75, 3.05) is 19.0 Å². The van der Waals surface area contributed by atoms with Gasteiger partial charge in [0.25, 0.3) is 0 Å². The van der Waals surface area contributed by atoms with Crippen molar-refractivity contribution in [1.29, 1.82) is 5.41 Å². The van der Waals surface area contributed by atoms with E-state index in [1.807, 2.05) is 44.4 Å². The highest BCUT2D eigenvalue weighted by Crippen LogP contribution is 2.41. The molecule has 2 heteroatoms. The Hall–Kier alpha value is -2.61. The van der Waals surface area contributed by atoms with E-state index in [0.29, 0.717) is 5.71 Å². The first kappa shape index (κ1) is 17.2. The average Bonchev–Trinajstić information content (AvgIpc) is 2.86. The second-order valence-corrected chi connectivity index (χ2v) is 7.09. The largest absolute Gasteiger partial charge is 0.378 e. The van der Waals surface area contributed by atoms with Gasteiger partial charge >= 0.3 is 0 Å². The van der Waals surface area contributed by atoms with Crippen molar-refractivity contribution in [3.63, 3.8) is 0 Å². The SMILES string of the molecule is CC1=CC(C)=C(C)C1c1ccc(N(C)C)cc1C(=N)c1ccccc1. The van der Waals surface area contributed by atoms with Gasteiger partial charge in [0.15, 0.2) is 0 Å². The molecule has 0 aromatic heterocycles. The third-order valence-electron chi connectivity index (χ3n) is 5.15. The van der Waals surface area contributed by atoms with E-state index in [1.165, 1.54) is 22.3 Å². The molecule has 2 aromatic rings. The minimum absolute atomic E-state index is 0.273. The number of benzene rings is 2. The monoisotopic (exact) mass is 330 g/mol. The summed E-state index contributed by atoms with van der Waals surface area (Å²) < 4.78 is 0. The normalized spacial score (nSPS) is 16.8. The van der Waals surface area contributed by atoms with Gasteiger partial charge in [-0.15, -0.1) is 0 Å². The maximum Gasteiger partial charge on any atom is 0.0688 e. The molecule has 1 atom stereocenters. The summed E-state index contributed by atoms with van der Waals surface area (Å²) in [5.41, 5.74) is 8.99. The average molecular weight is 330 g/mol. The lowest BCUT2D eigenvalue weighted by Crippen LogP contribution is -2.14. The van der Waals surface area contributed by atoms with Crippen LogP contribution in [0.4, 0.5) is 5.69 Å². The molecule has 128 valence electrons. The van der Waals surface area contributed by atoms with Gasteiger partial charge in [-0.25, -0.2) is 0 Å². The van der Waals surface area contributed by atoms with Crippen molar-refractivity contribution >= 4 is 11.4 Å². The van der Waals surface area contributed by atoms with Crippen LogP contribution in [0.25, 0.3) is 0 Å². The van der Waals surface area contributed by atoms with Gasteiger partial charge in [0.1, 0.15) is 0 Å². The molecular weight excluding hydrogens is 304 g/mol. The Balaban J connectivity index is 2.17. The Labute approximate surface area is 151 Å². The molecule has 0 radical (unpaired) electrons. The van der Waals surface area contributed by atoms with E-state index in [0.717, 1.165) is 16.8 Å². The Morgan fingerprint density at radius 3 is 2.20 bits per heavy atom. The second-order valence-electron chi connectivity index (χ2n) is 7.09. The first-order chi connectivity index (χ1) is 11.9. The molecule has 0 fully saturated rings. The molecule has 1 unspecified atom stereocenters. The molecule has 0 aliphatic heterocycles. The molecule has 0 amide bonds. The fourth-order valence-electron chi connectivity index (χ4n) is 3.64. The van der Waals surface area contributed by atoms with Crippen molar-refractivity contribution in [1.82, 2.24) is 0 Å². The van der Waals surface area contributed by atoms with Gasteiger partial charge in [0.2, 0.25) is 0 Å². The molecule has 1 aliphatic rings. The van der Waals surface area contributed by atoms with Crippen LogP contribution in [0.1, 0.15) is 43.4 Å². The van der Waals surface area contributed by atoms with Crippen LogP contribution < -0.4 is 4.90 Å². The zero-order chi connectivity index (χ0) is 18.1. The highest BCUT2D eigenvalue weighted by atomic mass is 15.1. The molecule has 25 heavy (non-hydrogen) atoms. The number of nitrogens with one attached hydrogen (secondary N) is 1. The smallest absolute Gasteiger partial charge is 0.0688 e. The highest BCUT2D eigenvalue weighted by Gasteiger charge is 2.26. The van der Waals surface area contributed by atoms with Crippen LogP contribution in [0.15, 0.2) is 71.3 Å². The van der Waals surface area contributed by atoms with E-state index in [1.54, 1.807) is 0 Å². The lowest BCUT2D eigenvalue weighted by molar-refractivity contribution is 0.933. The van der Waals surface area contributed by atoms with Crippen LogP contribution >= 0.6 is 0 Å². The molecule has 0 bridgehead atoms. The summed E-state index contributed by atoms with van der Waals surface area (Å²) in [6, 6.07) is 16.5. The van der Waals surface area contributed by atoms with Crippen molar-refractivity contribution in [2.45, 2.75) is 26.7 Å². The van der Waals surface area contributed by atoms with Crippen LogP contribution in [-0.2, 0) is 0 Å². The molecule has 0 saturated carbocycles. The Morgan fingerprint density at radius 1 is 0.960 bits per heavy atom. The summed E-state index contributed by atoms with van der Waals surface area (Å²) in [6.45, 7) is 6.58. The zero-order valence-electron chi connectivity index (χ0n) is 15.7. The van der Waals surface area contributed by atoms with Crippen molar-refractivity contribution in [2.24, 2.45) is 0 Å². The van der Waals surface area contributed by atoms with Crippen LogP contribution in [0.2, 0.25) is 0 Å². The molecule has 2 aromatic carbocycles. The Morgan fingerprint density at radius 2 is 1.64 bits per heavy atom. The van der Waals surface area contributed by atoms with E-state index in [4.69, 9.17) is 5.41 Å². The van der Waals surface area contributed by atoms with Crippen molar-refractivity contribution in [3.8, 4) is 0 Å². The van der Waals surface area contributed by atoms with Crippen LogP contribution in [0.3, 0.4) is 0 Å². The highest BCUT2D eigenvalue weighted by molar-refractivity contribution is 6.12. The first-order valence-electron chi connectivity index (χ1n) is 8.71. The summed E-state index contributed by atoms with van der Waals surface area (Å²) in [7, 11) is 4.09. The topological polar surface area (TPSA) is 27.1 Å². The van der Waals surface area contributed by atoms with E-state index in [9.17, 15) is 0 Å². The van der Waals surface area contributed by atoms with Crippen LogP contribution in [-0.4, -0.2) is 19.8 Å². The number of hydrogen-bond acceptors (Lipinski definition) is 2. The maximum atomic E-state index is 8.84. The van der Waals surface area contributed by atoms with Crippen molar-refractivity contribution < 1.29 is 0 Å². The third-order valence-corrected chi connectivity index (χ3v) is 5.15. The maximum absolute atomic E-state index is 8.84. The summed E-state index contributed by atoms with van der Waals surface area (Å²) in [5, 5.41) is 8.84. The molecule has 1 aliphatic carbocycles. The standard InChI is InChI=1S/C23H26N2/c1-15-13-16(2)22(17(15)3)20-12-11-19(25(4)5)14-21(20)23(24)18-9-7-6-8-10-18/h6-14,22,24H,1-5H3. The predicted octanol–water partition coefficient (Wildman–Crippen LogP) is 5.55. The zero-order valence-corrected chi connectivity index (χ0v) is 15.7. The molecule has 0 saturated heterocycles. The molecule has 2 nitrogen and oxygen atoms in total. The minimum atomic E-state index is 0.273. The summed E-state index contributed by atoms with van der Waals surface area (Å²) >= 11 is 0. The summed E-state index contributed by atoms with van der Waals surface area (Å²) in [4.78, 5) is 2.09. The lowest BCUT2D eigenvalue weighted by Gasteiger charge is -2.23. The van der Waals surface area contributed by atoms with Crippen molar-refractivity contribution in [3.05, 3.63) is 88.0 Å². The number of rotatable bonds is 4. The minimum Gasteiger partial charge on any atom is -0.378 e. The van der Waals surface area contributed by atoms with Gasteiger partial charge in [-0.2, -0.15) is 0 Å². The quantitative estimate of drug-likeness (QED) is 0.731. The fourth-order valence-corrected chi connectivity index (χ4v) is 3.64. The number of hydrogen-bond donors (Lipinski definition) is 1. The van der Waals surface area contributed by atoms with Gasteiger partial charge in [-0.05, 0) is 38.5 Å². The molecule has 1 N–H and O–H groups in total. The summed E-state index contributed by atoms with van der Waals surface area (Å²) in [5.74, 6) is 0.273. The fraction of sp³-hybridized carbons (Fsp3) is 0.261. The van der Waals surface area contributed by atoms with E-state index in [2.05, 4.69) is 49.9 Å². The predicted molar refractivity (Wildman–Crippen MR) is 108 cm³/mol. The third kappa shape index (κ3) is 3.17. The van der Waals surface area contributed by atoms with Gasteiger partial charge in [0.05, 0.1) is 5.71 Å². The number of nitrogens with zero attached hydrogens (tertiary/aromatic N) is 1. The molecule has 0 heterocycles.